The van der Waals surface area contributed by atoms with Crippen molar-refractivity contribution in [3.63, 3.8) is 0 Å². The molecular formula is C32H31ClN4O9S2. The van der Waals surface area contributed by atoms with Crippen LogP contribution in [0.4, 0.5) is 0 Å². The van der Waals surface area contributed by atoms with Crippen LogP contribution in [0.15, 0.2) is 47.2 Å². The minimum Gasteiger partial charge on any atom is -0.480 e. The normalized spacial score (nSPS) is 13.8. The third-order valence-corrected chi connectivity index (χ3v) is 9.68. The molecule has 1 aliphatic heterocycles. The first-order valence-corrected chi connectivity index (χ1v) is 16.7. The summed E-state index contributed by atoms with van der Waals surface area (Å²) >= 11 is 9.35. The quantitative estimate of drug-likeness (QED) is 0.138. The van der Waals surface area contributed by atoms with Gasteiger partial charge in [0.05, 0.1) is 35.9 Å². The number of ether oxygens (including phenoxy) is 3. The number of hydrogen-bond acceptors (Lipinski definition) is 11. The van der Waals surface area contributed by atoms with Gasteiger partial charge in [0.15, 0.2) is 17.0 Å². The van der Waals surface area contributed by atoms with E-state index >= 15 is 0 Å². The number of fused-ring (bicyclic) bond motifs is 1. The van der Waals surface area contributed by atoms with Gasteiger partial charge in [-0.25, -0.2) is 19.6 Å². The molecule has 4 aromatic rings. The average molecular weight is 715 g/mol. The van der Waals surface area contributed by atoms with E-state index in [4.69, 9.17) is 25.8 Å². The molecule has 4 N–H and O–H groups in total. The van der Waals surface area contributed by atoms with E-state index in [0.717, 1.165) is 5.56 Å². The molecule has 3 heterocycles. The summed E-state index contributed by atoms with van der Waals surface area (Å²) in [7, 11) is 1.35. The summed E-state index contributed by atoms with van der Waals surface area (Å²) in [6, 6.07) is 9.60. The van der Waals surface area contributed by atoms with Gasteiger partial charge in [-0.1, -0.05) is 29.8 Å². The van der Waals surface area contributed by atoms with Crippen LogP contribution in [0.3, 0.4) is 0 Å². The summed E-state index contributed by atoms with van der Waals surface area (Å²) in [4.78, 5) is 58.1. The van der Waals surface area contributed by atoms with Gasteiger partial charge in [-0.15, -0.1) is 22.7 Å². The molecular weight excluding hydrogens is 684 g/mol. The molecule has 0 spiro atoms. The monoisotopic (exact) mass is 714 g/mol. The number of carbonyl (C=O) groups excluding carboxylic acids is 2. The van der Waals surface area contributed by atoms with Crippen molar-refractivity contribution in [2.45, 2.75) is 44.2 Å². The fraction of sp³-hybridized carbons (Fsp3) is 0.312. The van der Waals surface area contributed by atoms with E-state index in [2.05, 4.69) is 20.6 Å². The van der Waals surface area contributed by atoms with Crippen molar-refractivity contribution >= 4 is 58.0 Å². The van der Waals surface area contributed by atoms with Crippen LogP contribution >= 0.6 is 34.3 Å². The van der Waals surface area contributed by atoms with E-state index in [1.807, 2.05) is 12.1 Å². The highest BCUT2D eigenvalue weighted by Crippen LogP contribution is 2.37. The number of nitrogens with zero attached hydrogens (tertiary/aromatic N) is 2. The molecule has 0 aliphatic carbocycles. The number of aliphatic carboxylic acids is 2. The largest absolute Gasteiger partial charge is 0.480 e. The van der Waals surface area contributed by atoms with Gasteiger partial charge in [0, 0.05) is 29.0 Å². The Balaban J connectivity index is 1.18. The zero-order valence-corrected chi connectivity index (χ0v) is 28.2. The minimum absolute atomic E-state index is 0.0802. The van der Waals surface area contributed by atoms with Crippen LogP contribution < -0.4 is 20.1 Å². The third-order valence-electron chi connectivity index (χ3n) is 7.37. The van der Waals surface area contributed by atoms with E-state index < -0.39 is 35.3 Å². The first kappa shape index (κ1) is 34.8. The zero-order chi connectivity index (χ0) is 34.4. The summed E-state index contributed by atoms with van der Waals surface area (Å²) in [5, 5.41) is 29.4. The van der Waals surface area contributed by atoms with Crippen molar-refractivity contribution in [3.05, 3.63) is 69.1 Å². The molecule has 2 aromatic heterocycles. The highest BCUT2D eigenvalue weighted by molar-refractivity contribution is 7.13. The molecule has 0 saturated carbocycles. The molecule has 1 aliphatic rings. The van der Waals surface area contributed by atoms with Gasteiger partial charge in [-0.3, -0.25) is 9.59 Å². The van der Waals surface area contributed by atoms with Crippen LogP contribution in [0, 0.1) is 0 Å². The van der Waals surface area contributed by atoms with Gasteiger partial charge >= 0.3 is 11.9 Å². The predicted molar refractivity (Wildman–Crippen MR) is 178 cm³/mol. The number of nitrogens with one attached hydrogen (secondary N) is 2. The summed E-state index contributed by atoms with van der Waals surface area (Å²) in [6.07, 6.45) is 0.0913. The SMILES string of the molecule is COCC(C)(NC(=O)Cc1csc(-c2cccc(CCC(NC(=O)Cc3csc(-c4ccc5c(c4)OCO5)n3)C(=O)O)c2Cl)n1)C(=O)O. The molecule has 16 heteroatoms. The average Bonchev–Trinajstić information content (AvgIpc) is 3.81. The lowest BCUT2D eigenvalue weighted by Gasteiger charge is -2.25. The second-order valence-electron chi connectivity index (χ2n) is 11.1. The number of carboxylic acid groups (broad SMARTS) is 2. The number of carboxylic acids is 2. The van der Waals surface area contributed by atoms with E-state index in [1.165, 1.54) is 36.7 Å². The predicted octanol–water partition coefficient (Wildman–Crippen LogP) is 4.21. The van der Waals surface area contributed by atoms with E-state index in [-0.39, 0.29) is 39.1 Å². The lowest BCUT2D eigenvalue weighted by molar-refractivity contribution is -0.149. The Morgan fingerprint density at radius 3 is 2.40 bits per heavy atom. The Labute approximate surface area is 287 Å². The van der Waals surface area contributed by atoms with E-state index in [1.54, 1.807) is 35.0 Å². The number of halogens is 1. The first-order chi connectivity index (χ1) is 23.0. The summed E-state index contributed by atoms with van der Waals surface area (Å²) in [6.45, 7) is 1.31. The maximum atomic E-state index is 12.8. The second-order valence-corrected chi connectivity index (χ2v) is 13.2. The molecule has 2 amide bonds. The molecule has 2 aromatic carbocycles. The van der Waals surface area contributed by atoms with Crippen molar-refractivity contribution in [1.82, 2.24) is 20.6 Å². The van der Waals surface area contributed by atoms with Crippen LogP contribution in [0.2, 0.25) is 5.02 Å². The van der Waals surface area contributed by atoms with Crippen molar-refractivity contribution in [3.8, 4) is 32.6 Å². The Morgan fingerprint density at radius 2 is 1.69 bits per heavy atom. The van der Waals surface area contributed by atoms with Crippen LogP contribution in [-0.4, -0.2) is 76.0 Å². The molecule has 2 unspecified atom stereocenters. The highest BCUT2D eigenvalue weighted by atomic mass is 35.5. The lowest BCUT2D eigenvalue weighted by atomic mass is 10.0. The highest BCUT2D eigenvalue weighted by Gasteiger charge is 2.35. The van der Waals surface area contributed by atoms with Crippen molar-refractivity contribution < 1.29 is 43.6 Å². The zero-order valence-electron chi connectivity index (χ0n) is 25.8. The minimum atomic E-state index is -1.59. The Kier molecular flexibility index (Phi) is 10.9. The summed E-state index contributed by atoms with van der Waals surface area (Å²) in [5.41, 5.74) is 1.42. The molecule has 252 valence electrons. The van der Waals surface area contributed by atoms with E-state index in [0.29, 0.717) is 49.1 Å². The second kappa shape index (κ2) is 15.1. The topological polar surface area (TPSA) is 186 Å². The van der Waals surface area contributed by atoms with Gasteiger partial charge in [-0.2, -0.15) is 0 Å². The van der Waals surface area contributed by atoms with Crippen LogP contribution in [0.5, 0.6) is 11.5 Å². The molecule has 0 fully saturated rings. The molecule has 0 bridgehead atoms. The first-order valence-electron chi connectivity index (χ1n) is 14.6. The van der Waals surface area contributed by atoms with Crippen LogP contribution in [0.1, 0.15) is 30.3 Å². The Morgan fingerprint density at radius 1 is 1.00 bits per heavy atom. The lowest BCUT2D eigenvalue weighted by Crippen LogP contribution is -2.55. The van der Waals surface area contributed by atoms with Crippen molar-refractivity contribution in [2.75, 3.05) is 20.5 Å². The number of thiazole rings is 2. The number of benzene rings is 2. The van der Waals surface area contributed by atoms with Crippen LogP contribution in [-0.2, 0) is 43.2 Å². The van der Waals surface area contributed by atoms with Gasteiger partial charge in [0.25, 0.3) is 0 Å². The number of aryl methyl sites for hydroxylation is 1. The molecule has 5 rings (SSSR count). The molecule has 13 nitrogen and oxygen atoms in total. The van der Waals surface area contributed by atoms with Gasteiger partial charge in [0.2, 0.25) is 18.6 Å². The number of amides is 2. The van der Waals surface area contributed by atoms with Crippen LogP contribution in [0.25, 0.3) is 21.1 Å². The molecule has 2 atom stereocenters. The summed E-state index contributed by atoms with van der Waals surface area (Å²) in [5.74, 6) is -2.13. The molecule has 48 heavy (non-hydrogen) atoms. The number of carbonyl (C=O) groups is 4. The fourth-order valence-corrected chi connectivity index (χ4v) is 6.96. The van der Waals surface area contributed by atoms with Gasteiger partial charge < -0.3 is 35.1 Å². The fourth-order valence-electron chi connectivity index (χ4n) is 4.92. The number of hydrogen-bond donors (Lipinski definition) is 4. The standard InChI is InChI=1S/C32H31ClN4O9S2/c1-32(15-44-2,31(42)43)37-26(39)12-20-14-48-29(35-20)21-5-3-4-17(27(21)33)6-8-22(30(40)41)36-25(38)11-19-13-47-28(34-19)18-7-9-23-24(10-18)46-16-45-23/h3-5,7,9-10,13-14,22H,6,8,11-12,15-16H2,1-2H3,(H,36,38)(H,37,39)(H,40,41)(H,42,43). The maximum absolute atomic E-state index is 12.8. The third kappa shape index (κ3) is 8.28. The molecule has 0 radical (unpaired) electrons. The Bertz CT molecular complexity index is 1850. The van der Waals surface area contributed by atoms with Crippen molar-refractivity contribution in [1.29, 1.82) is 0 Å². The smallest absolute Gasteiger partial charge is 0.331 e. The number of aromatic nitrogens is 2. The van der Waals surface area contributed by atoms with Crippen molar-refractivity contribution in [2.24, 2.45) is 0 Å². The summed E-state index contributed by atoms with van der Waals surface area (Å²) < 4.78 is 15.7. The van der Waals surface area contributed by atoms with E-state index in [9.17, 15) is 29.4 Å². The number of methoxy groups -OCH3 is 1. The van der Waals surface area contributed by atoms with Gasteiger partial charge in [-0.05, 0) is 43.5 Å². The Hall–Kier alpha value is -4.57. The van der Waals surface area contributed by atoms with Gasteiger partial charge in [0.1, 0.15) is 16.1 Å². The maximum Gasteiger partial charge on any atom is 0.331 e. The molecule has 0 saturated heterocycles. The number of rotatable bonds is 15.